The Morgan fingerprint density at radius 2 is 2.25 bits per heavy atom. The first-order valence-electron chi connectivity index (χ1n) is 5.51. The zero-order valence-corrected chi connectivity index (χ0v) is 12.5. The van der Waals surface area contributed by atoms with E-state index in [1.807, 2.05) is 6.07 Å². The van der Waals surface area contributed by atoms with Crippen LogP contribution >= 0.6 is 31.9 Å². The number of hydrogen-bond acceptors (Lipinski definition) is 3. The van der Waals surface area contributed by atoms with Gasteiger partial charge in [0.25, 0.3) is 0 Å². The predicted octanol–water partition coefficient (Wildman–Crippen LogP) is 2.99. The third kappa shape index (κ3) is 3.58. The molecule has 3 nitrogen and oxygen atoms in total. The van der Waals surface area contributed by atoms with Crippen molar-refractivity contribution in [1.29, 1.82) is 0 Å². The monoisotopic (exact) mass is 350 g/mol. The van der Waals surface area contributed by atoms with Gasteiger partial charge >= 0.3 is 0 Å². The number of halogens is 2. The molecule has 1 aromatic heterocycles. The SMILES string of the molecule is CN(CCNCc1cc(Br)c(Br)o1)C1CC1. The van der Waals surface area contributed by atoms with Gasteiger partial charge in [0.05, 0.1) is 11.0 Å². The lowest BCUT2D eigenvalue weighted by Crippen LogP contribution is -2.30. The van der Waals surface area contributed by atoms with Crippen LogP contribution in [0.1, 0.15) is 18.6 Å². The number of nitrogens with one attached hydrogen (secondary N) is 1. The summed E-state index contributed by atoms with van der Waals surface area (Å²) in [6.45, 7) is 2.89. The van der Waals surface area contributed by atoms with Gasteiger partial charge in [0.2, 0.25) is 0 Å². The summed E-state index contributed by atoms with van der Waals surface area (Å²) in [5.74, 6) is 0.952. The molecule has 5 heteroatoms. The molecule has 1 aromatic rings. The van der Waals surface area contributed by atoms with Crippen molar-refractivity contribution in [1.82, 2.24) is 10.2 Å². The quantitative estimate of drug-likeness (QED) is 0.798. The van der Waals surface area contributed by atoms with E-state index in [9.17, 15) is 0 Å². The first-order valence-corrected chi connectivity index (χ1v) is 7.10. The van der Waals surface area contributed by atoms with Crippen molar-refractivity contribution in [2.45, 2.75) is 25.4 Å². The Labute approximate surface area is 113 Å². The fourth-order valence-electron chi connectivity index (χ4n) is 1.64. The van der Waals surface area contributed by atoms with Gasteiger partial charge in [0.1, 0.15) is 5.76 Å². The molecule has 0 radical (unpaired) electrons. The lowest BCUT2D eigenvalue weighted by atomic mass is 10.4. The zero-order chi connectivity index (χ0) is 11.5. The van der Waals surface area contributed by atoms with Gasteiger partial charge in [-0.15, -0.1) is 0 Å². The van der Waals surface area contributed by atoms with Crippen molar-refractivity contribution < 1.29 is 4.42 Å². The van der Waals surface area contributed by atoms with Crippen LogP contribution in [0.5, 0.6) is 0 Å². The molecule has 0 spiro atoms. The van der Waals surface area contributed by atoms with Crippen LogP contribution in [0.25, 0.3) is 0 Å². The maximum Gasteiger partial charge on any atom is 0.183 e. The van der Waals surface area contributed by atoms with E-state index in [2.05, 4.69) is 49.1 Å². The van der Waals surface area contributed by atoms with Crippen molar-refractivity contribution in [3.63, 3.8) is 0 Å². The fourth-order valence-corrected chi connectivity index (χ4v) is 2.30. The van der Waals surface area contributed by atoms with Gasteiger partial charge in [-0.25, -0.2) is 0 Å². The summed E-state index contributed by atoms with van der Waals surface area (Å²) < 4.78 is 7.21. The maximum atomic E-state index is 5.47. The van der Waals surface area contributed by atoms with E-state index in [1.165, 1.54) is 12.8 Å². The molecule has 0 aromatic carbocycles. The van der Waals surface area contributed by atoms with Gasteiger partial charge in [-0.2, -0.15) is 0 Å². The molecule has 1 fully saturated rings. The largest absolute Gasteiger partial charge is 0.452 e. The first-order chi connectivity index (χ1) is 7.66. The molecule has 1 heterocycles. The molecule has 0 unspecified atom stereocenters. The Morgan fingerprint density at radius 3 is 2.81 bits per heavy atom. The summed E-state index contributed by atoms with van der Waals surface area (Å²) in [5.41, 5.74) is 0. The third-order valence-corrected chi connectivity index (χ3v) is 4.52. The number of furan rings is 1. The Morgan fingerprint density at radius 1 is 1.50 bits per heavy atom. The van der Waals surface area contributed by atoms with Crippen LogP contribution in [0.3, 0.4) is 0 Å². The highest BCUT2D eigenvalue weighted by Crippen LogP contribution is 2.26. The summed E-state index contributed by atoms with van der Waals surface area (Å²) in [4.78, 5) is 2.42. The van der Waals surface area contributed by atoms with Crippen molar-refractivity contribution in [3.8, 4) is 0 Å². The van der Waals surface area contributed by atoms with Gasteiger partial charge in [-0.05, 0) is 57.8 Å². The summed E-state index contributed by atoms with van der Waals surface area (Å²) >= 11 is 6.72. The molecule has 16 heavy (non-hydrogen) atoms. The van der Waals surface area contributed by atoms with E-state index in [4.69, 9.17) is 4.42 Å². The average molecular weight is 352 g/mol. The summed E-state index contributed by atoms with van der Waals surface area (Å²) in [6.07, 6.45) is 2.74. The van der Waals surface area contributed by atoms with E-state index in [-0.39, 0.29) is 0 Å². The Hall–Kier alpha value is 0.160. The molecule has 0 bridgehead atoms. The molecular formula is C11H16Br2N2O. The highest BCUT2D eigenvalue weighted by atomic mass is 79.9. The normalized spacial score (nSPS) is 16.0. The van der Waals surface area contributed by atoms with Gasteiger partial charge in [0, 0.05) is 19.1 Å². The van der Waals surface area contributed by atoms with Crippen LogP contribution in [-0.4, -0.2) is 31.1 Å². The Bertz CT molecular complexity index is 330. The van der Waals surface area contributed by atoms with E-state index >= 15 is 0 Å². The molecule has 1 saturated carbocycles. The molecule has 1 N–H and O–H groups in total. The molecule has 0 atom stereocenters. The predicted molar refractivity (Wildman–Crippen MR) is 71.5 cm³/mol. The van der Waals surface area contributed by atoms with Crippen molar-refractivity contribution >= 4 is 31.9 Å². The second kappa shape index (κ2) is 5.67. The zero-order valence-electron chi connectivity index (χ0n) is 9.30. The fraction of sp³-hybridized carbons (Fsp3) is 0.636. The summed E-state index contributed by atoms with van der Waals surface area (Å²) in [5, 5.41) is 3.38. The smallest absolute Gasteiger partial charge is 0.183 e. The lowest BCUT2D eigenvalue weighted by Gasteiger charge is -2.15. The van der Waals surface area contributed by atoms with Gasteiger partial charge in [0.15, 0.2) is 4.67 Å². The van der Waals surface area contributed by atoms with Gasteiger partial charge in [-0.1, -0.05) is 0 Å². The minimum Gasteiger partial charge on any atom is -0.452 e. The number of hydrogen-bond donors (Lipinski definition) is 1. The maximum absolute atomic E-state index is 5.47. The first kappa shape index (κ1) is 12.6. The van der Waals surface area contributed by atoms with E-state index in [1.54, 1.807) is 0 Å². The Kier molecular flexibility index (Phi) is 4.47. The van der Waals surface area contributed by atoms with Gasteiger partial charge in [-0.3, -0.25) is 0 Å². The van der Waals surface area contributed by atoms with Crippen molar-refractivity contribution in [2.24, 2.45) is 0 Å². The summed E-state index contributed by atoms with van der Waals surface area (Å²) in [6, 6.07) is 2.83. The highest BCUT2D eigenvalue weighted by molar-refractivity contribution is 9.13. The number of likely N-dealkylation sites (N-methyl/N-ethyl adjacent to an activating group) is 1. The van der Waals surface area contributed by atoms with E-state index < -0.39 is 0 Å². The molecule has 90 valence electrons. The van der Waals surface area contributed by atoms with Crippen molar-refractivity contribution in [3.05, 3.63) is 21.0 Å². The molecule has 1 aliphatic carbocycles. The topological polar surface area (TPSA) is 28.4 Å². The van der Waals surface area contributed by atoms with E-state index in [0.717, 1.165) is 40.6 Å². The highest BCUT2D eigenvalue weighted by Gasteiger charge is 2.25. The molecule has 0 aliphatic heterocycles. The summed E-state index contributed by atoms with van der Waals surface area (Å²) in [7, 11) is 2.19. The molecule has 0 saturated heterocycles. The van der Waals surface area contributed by atoms with Crippen LogP contribution in [0.15, 0.2) is 19.6 Å². The molecule has 1 aliphatic rings. The van der Waals surface area contributed by atoms with Crippen LogP contribution in [0.2, 0.25) is 0 Å². The second-order valence-electron chi connectivity index (χ2n) is 4.22. The Balaban J connectivity index is 1.63. The molecule has 0 amide bonds. The lowest BCUT2D eigenvalue weighted by molar-refractivity contribution is 0.319. The number of rotatable bonds is 6. The minimum absolute atomic E-state index is 0.763. The second-order valence-corrected chi connectivity index (χ2v) is 5.80. The molecular weight excluding hydrogens is 336 g/mol. The van der Waals surface area contributed by atoms with Crippen LogP contribution in [-0.2, 0) is 6.54 Å². The molecule has 2 rings (SSSR count). The van der Waals surface area contributed by atoms with Crippen LogP contribution in [0.4, 0.5) is 0 Å². The van der Waals surface area contributed by atoms with Crippen LogP contribution < -0.4 is 5.32 Å². The van der Waals surface area contributed by atoms with Crippen molar-refractivity contribution in [2.75, 3.05) is 20.1 Å². The van der Waals surface area contributed by atoms with Crippen LogP contribution in [0, 0.1) is 0 Å². The average Bonchev–Trinajstić information content (AvgIpc) is 3.03. The number of nitrogens with zero attached hydrogens (tertiary/aromatic N) is 1. The third-order valence-electron chi connectivity index (χ3n) is 2.81. The minimum atomic E-state index is 0.763. The standard InChI is InChI=1S/C11H16Br2N2O/c1-15(8-2-3-8)5-4-14-7-9-6-10(12)11(13)16-9/h6,8,14H,2-5,7H2,1H3. The van der Waals surface area contributed by atoms with Gasteiger partial charge < -0.3 is 14.6 Å². The van der Waals surface area contributed by atoms with E-state index in [0.29, 0.717) is 0 Å².